The number of halogens is 4. The van der Waals surface area contributed by atoms with Gasteiger partial charge in [0.05, 0.1) is 35.2 Å². The maximum absolute atomic E-state index is 12.9. The van der Waals surface area contributed by atoms with Gasteiger partial charge in [0, 0.05) is 32.1 Å². The molecule has 4 heterocycles. The van der Waals surface area contributed by atoms with Gasteiger partial charge >= 0.3 is 6.18 Å². The molecular formula is C20H20ClF3N6O5S. The number of sulfone groups is 1. The van der Waals surface area contributed by atoms with Crippen molar-refractivity contribution in [3.63, 3.8) is 0 Å². The van der Waals surface area contributed by atoms with Crippen LogP contribution in [0.4, 0.5) is 13.2 Å². The van der Waals surface area contributed by atoms with Gasteiger partial charge in [0.15, 0.2) is 33.8 Å². The largest absolute Gasteiger partial charge is 0.487 e. The predicted octanol–water partition coefficient (Wildman–Crippen LogP) is 2.46. The highest BCUT2D eigenvalue weighted by molar-refractivity contribution is 7.90. The predicted molar refractivity (Wildman–Crippen MR) is 119 cm³/mol. The molecule has 1 aliphatic heterocycles. The second kappa shape index (κ2) is 10.5. The molecule has 1 aliphatic rings. The first-order valence-corrected chi connectivity index (χ1v) is 12.7. The van der Waals surface area contributed by atoms with Crippen LogP contribution in [0.15, 0.2) is 24.8 Å². The summed E-state index contributed by atoms with van der Waals surface area (Å²) < 4.78 is 81.4. The second-order valence-corrected chi connectivity index (χ2v) is 10.4. The molecule has 0 aromatic carbocycles. The zero-order valence-electron chi connectivity index (χ0n) is 18.8. The topological polar surface area (TPSA) is 131 Å². The number of rotatable bonds is 9. The molecule has 0 radical (unpaired) electrons. The minimum Gasteiger partial charge on any atom is -0.487 e. The van der Waals surface area contributed by atoms with E-state index in [1.165, 1.54) is 25.7 Å². The van der Waals surface area contributed by atoms with E-state index in [4.69, 9.17) is 25.8 Å². The monoisotopic (exact) mass is 548 g/mol. The van der Waals surface area contributed by atoms with Crippen LogP contribution in [-0.2, 0) is 26.7 Å². The standard InChI is InChI=1S/C20H20ClF3N6O5S/c1-33-8-13-9-34-18-14(6-25-7-15(18)35-11-20(22,23)24)19-29-28-17(30(13)19)10-36(31,32)3-2-16-26-4-12(21)5-27-16/h4-7,13H,2-3,8-11H2,1H3/t13-/m0/s1. The lowest BCUT2D eigenvalue weighted by Gasteiger charge is -2.19. The van der Waals surface area contributed by atoms with Crippen molar-refractivity contribution in [3.8, 4) is 22.9 Å². The van der Waals surface area contributed by atoms with Gasteiger partial charge in [-0.25, -0.2) is 18.4 Å². The number of hydrogen-bond donors (Lipinski definition) is 0. The van der Waals surface area contributed by atoms with Crippen molar-refractivity contribution in [2.24, 2.45) is 0 Å². The van der Waals surface area contributed by atoms with Crippen LogP contribution in [0.25, 0.3) is 11.4 Å². The smallest absolute Gasteiger partial charge is 0.422 e. The van der Waals surface area contributed by atoms with E-state index in [0.717, 1.165) is 6.20 Å². The molecule has 3 aromatic heterocycles. The van der Waals surface area contributed by atoms with Gasteiger partial charge in [-0.1, -0.05) is 11.6 Å². The second-order valence-electron chi connectivity index (χ2n) is 7.81. The average Bonchev–Trinajstić information content (AvgIpc) is 3.14. The van der Waals surface area contributed by atoms with E-state index in [0.29, 0.717) is 10.8 Å². The Labute approximate surface area is 208 Å². The van der Waals surface area contributed by atoms with E-state index in [-0.39, 0.29) is 54.1 Å². The minimum atomic E-state index is -4.56. The molecule has 0 saturated carbocycles. The molecule has 194 valence electrons. The third kappa shape index (κ3) is 6.20. The third-order valence-corrected chi connectivity index (χ3v) is 6.79. The van der Waals surface area contributed by atoms with E-state index in [2.05, 4.69) is 25.1 Å². The zero-order valence-corrected chi connectivity index (χ0v) is 20.3. The van der Waals surface area contributed by atoms with E-state index in [9.17, 15) is 21.6 Å². The van der Waals surface area contributed by atoms with Crippen molar-refractivity contribution in [1.29, 1.82) is 0 Å². The van der Waals surface area contributed by atoms with Crippen LogP contribution in [0.1, 0.15) is 17.7 Å². The fourth-order valence-electron chi connectivity index (χ4n) is 3.54. The van der Waals surface area contributed by atoms with Crippen molar-refractivity contribution in [1.82, 2.24) is 29.7 Å². The van der Waals surface area contributed by atoms with Gasteiger partial charge in [-0.3, -0.25) is 4.98 Å². The summed E-state index contributed by atoms with van der Waals surface area (Å²) in [5, 5.41) is 8.51. The molecule has 0 unspecified atom stereocenters. The highest BCUT2D eigenvalue weighted by Crippen LogP contribution is 2.41. The maximum Gasteiger partial charge on any atom is 0.422 e. The Morgan fingerprint density at radius 1 is 1.19 bits per heavy atom. The number of fused-ring (bicyclic) bond motifs is 3. The average molecular weight is 549 g/mol. The van der Waals surface area contributed by atoms with Crippen LogP contribution in [0, 0.1) is 0 Å². The van der Waals surface area contributed by atoms with Crippen molar-refractivity contribution in [3.05, 3.63) is 41.5 Å². The summed E-state index contributed by atoms with van der Waals surface area (Å²) in [4.78, 5) is 11.9. The van der Waals surface area contributed by atoms with Gasteiger partial charge in [0.25, 0.3) is 0 Å². The Balaban J connectivity index is 1.63. The van der Waals surface area contributed by atoms with E-state index in [1.807, 2.05) is 0 Å². The first kappa shape index (κ1) is 26.0. The molecule has 4 rings (SSSR count). The van der Waals surface area contributed by atoms with Crippen LogP contribution in [0.3, 0.4) is 0 Å². The molecule has 11 nitrogen and oxygen atoms in total. The van der Waals surface area contributed by atoms with Gasteiger partial charge < -0.3 is 18.8 Å². The molecule has 0 saturated heterocycles. The van der Waals surface area contributed by atoms with Gasteiger partial charge in [0.1, 0.15) is 24.0 Å². The van der Waals surface area contributed by atoms with Crippen molar-refractivity contribution >= 4 is 21.4 Å². The van der Waals surface area contributed by atoms with Crippen LogP contribution in [0.2, 0.25) is 5.02 Å². The van der Waals surface area contributed by atoms with Crippen LogP contribution in [-0.4, -0.2) is 77.0 Å². The van der Waals surface area contributed by atoms with Gasteiger partial charge in [-0.15, -0.1) is 10.2 Å². The number of pyridine rings is 1. The number of methoxy groups -OCH3 is 1. The number of nitrogens with zero attached hydrogens (tertiary/aromatic N) is 6. The number of aryl methyl sites for hydroxylation is 1. The Bertz CT molecular complexity index is 1320. The molecule has 0 fully saturated rings. The van der Waals surface area contributed by atoms with E-state index in [1.54, 1.807) is 4.57 Å². The summed E-state index contributed by atoms with van der Waals surface area (Å²) in [6, 6.07) is -0.576. The van der Waals surface area contributed by atoms with Gasteiger partial charge in [0.2, 0.25) is 0 Å². The molecule has 0 aliphatic carbocycles. The van der Waals surface area contributed by atoms with Crippen molar-refractivity contribution < 1.29 is 35.8 Å². The van der Waals surface area contributed by atoms with Gasteiger partial charge in [-0.2, -0.15) is 13.2 Å². The molecule has 16 heteroatoms. The molecular weight excluding hydrogens is 529 g/mol. The fraction of sp³-hybridized carbons (Fsp3) is 0.450. The zero-order chi connectivity index (χ0) is 25.9. The van der Waals surface area contributed by atoms with E-state index >= 15 is 0 Å². The molecule has 0 bridgehead atoms. The Morgan fingerprint density at radius 2 is 1.94 bits per heavy atom. The summed E-state index contributed by atoms with van der Waals surface area (Å²) in [5.41, 5.74) is 0.207. The summed E-state index contributed by atoms with van der Waals surface area (Å²) >= 11 is 5.76. The number of hydrogen-bond acceptors (Lipinski definition) is 10. The highest BCUT2D eigenvalue weighted by atomic mass is 35.5. The first-order chi connectivity index (χ1) is 17.1. The summed E-state index contributed by atoms with van der Waals surface area (Å²) in [7, 11) is -2.24. The van der Waals surface area contributed by atoms with Crippen LogP contribution >= 0.6 is 11.6 Å². The lowest BCUT2D eigenvalue weighted by Crippen LogP contribution is -2.24. The van der Waals surface area contributed by atoms with E-state index < -0.39 is 34.4 Å². The van der Waals surface area contributed by atoms with Gasteiger partial charge in [-0.05, 0) is 0 Å². The normalized spacial score (nSPS) is 15.5. The SMILES string of the molecule is COC[C@H]1COc2c(OCC(F)(F)F)cncc2-c2nnc(CS(=O)(=O)CCc3ncc(Cl)cn3)n21. The lowest BCUT2D eigenvalue weighted by atomic mass is 10.2. The Morgan fingerprint density at radius 3 is 2.64 bits per heavy atom. The third-order valence-electron chi connectivity index (χ3n) is 5.07. The fourth-order valence-corrected chi connectivity index (χ4v) is 4.87. The molecule has 3 aromatic rings. The summed E-state index contributed by atoms with van der Waals surface area (Å²) in [5.74, 6) is -0.343. The van der Waals surface area contributed by atoms with Crippen LogP contribution < -0.4 is 9.47 Å². The highest BCUT2D eigenvalue weighted by Gasteiger charge is 2.33. The maximum atomic E-state index is 12.9. The molecule has 36 heavy (non-hydrogen) atoms. The summed E-state index contributed by atoms with van der Waals surface area (Å²) in [6.07, 6.45) is 0.695. The Kier molecular flexibility index (Phi) is 7.61. The number of ether oxygens (including phenoxy) is 3. The quantitative estimate of drug-likeness (QED) is 0.393. The first-order valence-electron chi connectivity index (χ1n) is 10.5. The molecule has 1 atom stereocenters. The minimum absolute atomic E-state index is 0.00389. The summed E-state index contributed by atoms with van der Waals surface area (Å²) in [6.45, 7) is -1.51. The number of alkyl halides is 3. The molecule has 0 spiro atoms. The molecule has 0 N–H and O–H groups in total. The Hall–Kier alpha value is -3.04. The van der Waals surface area contributed by atoms with Crippen molar-refractivity contribution in [2.45, 2.75) is 24.4 Å². The molecule has 0 amide bonds. The number of aromatic nitrogens is 6. The van der Waals surface area contributed by atoms with Crippen LogP contribution in [0.5, 0.6) is 11.5 Å². The van der Waals surface area contributed by atoms with Crippen molar-refractivity contribution in [2.75, 3.05) is 32.7 Å². The lowest BCUT2D eigenvalue weighted by molar-refractivity contribution is -0.153.